The van der Waals surface area contributed by atoms with E-state index in [0.29, 0.717) is 19.8 Å². The summed E-state index contributed by atoms with van der Waals surface area (Å²) in [5.41, 5.74) is 3.48. The van der Waals surface area contributed by atoms with Gasteiger partial charge in [-0.3, -0.25) is 0 Å². The molecule has 0 atom stereocenters. The van der Waals surface area contributed by atoms with E-state index < -0.39 is 0 Å². The molecule has 4 heteroatoms. The molecule has 0 aliphatic rings. The van der Waals surface area contributed by atoms with Gasteiger partial charge >= 0.3 is 0 Å². The number of hydrogen-bond donors (Lipinski definition) is 0. The van der Waals surface area contributed by atoms with Crippen LogP contribution in [-0.4, -0.2) is 24.7 Å². The van der Waals surface area contributed by atoms with Gasteiger partial charge in [-0.1, -0.05) is 269 Å². The molecule has 0 aliphatic carbocycles. The van der Waals surface area contributed by atoms with Gasteiger partial charge in [-0.2, -0.15) is 0 Å². The Morgan fingerprint density at radius 1 is 0.410 bits per heavy atom. The summed E-state index contributed by atoms with van der Waals surface area (Å²) in [4.78, 5) is 0.840. The van der Waals surface area contributed by atoms with Gasteiger partial charge in [0.25, 0.3) is 0 Å². The molecule has 0 heterocycles. The second kappa shape index (κ2) is 40.4. The van der Waals surface area contributed by atoms with Crippen LogP contribution in [0.25, 0.3) is 6.08 Å². The Hall–Kier alpha value is -2.33. The Bertz CT molecular complexity index is 1270. The van der Waals surface area contributed by atoms with Gasteiger partial charge in [-0.25, -0.2) is 0 Å². The number of rotatable bonds is 44. The molecule has 0 amide bonds. The SMILES string of the molecule is CCCCCCCCCCCCCOc1cc(C=CC(=S)c2ccc(CCC)cc2)cc(OCCCCCCCCCCCCC)c1OCCCCCCCCCCCCC. The Morgan fingerprint density at radius 3 is 1.08 bits per heavy atom. The Balaban J connectivity index is 2.07. The first-order valence-electron chi connectivity index (χ1n) is 26.5. The molecule has 61 heavy (non-hydrogen) atoms. The third-order valence-electron chi connectivity index (χ3n) is 12.3. The van der Waals surface area contributed by atoms with E-state index in [0.717, 1.165) is 65.3 Å². The van der Waals surface area contributed by atoms with E-state index >= 15 is 0 Å². The number of aryl methyl sites for hydroxylation is 1. The highest BCUT2D eigenvalue weighted by molar-refractivity contribution is 7.81. The largest absolute Gasteiger partial charge is 0.490 e. The molecule has 0 N–H and O–H groups in total. The van der Waals surface area contributed by atoms with Crippen LogP contribution >= 0.6 is 12.2 Å². The van der Waals surface area contributed by atoms with Crippen molar-refractivity contribution in [3.63, 3.8) is 0 Å². The van der Waals surface area contributed by atoms with E-state index in [1.165, 1.54) is 198 Å². The van der Waals surface area contributed by atoms with Crippen LogP contribution in [0.15, 0.2) is 42.5 Å². The van der Waals surface area contributed by atoms with Crippen LogP contribution in [0, 0.1) is 0 Å². The van der Waals surface area contributed by atoms with Crippen molar-refractivity contribution >= 4 is 23.2 Å². The predicted octanol–water partition coefficient (Wildman–Crippen LogP) is 19.1. The number of hydrogen-bond acceptors (Lipinski definition) is 4. The highest BCUT2D eigenvalue weighted by atomic mass is 32.1. The van der Waals surface area contributed by atoms with Crippen molar-refractivity contribution in [2.75, 3.05) is 19.8 Å². The highest BCUT2D eigenvalue weighted by Gasteiger charge is 2.16. The van der Waals surface area contributed by atoms with Gasteiger partial charge in [0.05, 0.1) is 19.8 Å². The molecule has 0 aromatic heterocycles. The lowest BCUT2D eigenvalue weighted by molar-refractivity contribution is 0.234. The second-order valence-electron chi connectivity index (χ2n) is 18.1. The third kappa shape index (κ3) is 29.6. The summed E-state index contributed by atoms with van der Waals surface area (Å²) in [6.45, 7) is 11.2. The number of benzene rings is 2. The molecule has 0 fully saturated rings. The summed E-state index contributed by atoms with van der Waals surface area (Å²) < 4.78 is 19.9. The van der Waals surface area contributed by atoms with Crippen molar-refractivity contribution < 1.29 is 14.2 Å². The van der Waals surface area contributed by atoms with E-state index in [1.54, 1.807) is 0 Å². The maximum atomic E-state index is 6.65. The fourth-order valence-corrected chi connectivity index (χ4v) is 8.48. The Labute approximate surface area is 384 Å². The zero-order valence-electron chi connectivity index (χ0n) is 40.6. The summed E-state index contributed by atoms with van der Waals surface area (Å²) >= 11 is 5.90. The molecule has 2 aromatic carbocycles. The molecule has 0 spiro atoms. The normalized spacial score (nSPS) is 11.5. The molecule has 0 bridgehead atoms. The average molecular weight is 861 g/mol. The average Bonchev–Trinajstić information content (AvgIpc) is 3.27. The van der Waals surface area contributed by atoms with Crippen LogP contribution in [0.5, 0.6) is 17.2 Å². The van der Waals surface area contributed by atoms with Crippen molar-refractivity contribution in [2.45, 2.75) is 252 Å². The van der Waals surface area contributed by atoms with Crippen LogP contribution in [0.1, 0.15) is 263 Å². The van der Waals surface area contributed by atoms with Gasteiger partial charge in [0, 0.05) is 4.86 Å². The molecular weight excluding hydrogens is 765 g/mol. The first-order valence-corrected chi connectivity index (χ1v) is 26.9. The fourth-order valence-electron chi connectivity index (χ4n) is 8.28. The van der Waals surface area contributed by atoms with Gasteiger partial charge in [-0.15, -0.1) is 0 Å². The summed E-state index contributed by atoms with van der Waals surface area (Å²) in [5, 5.41) is 0. The molecule has 2 rings (SSSR count). The standard InChI is InChI=1S/C57H96O3S/c1-5-9-12-15-18-21-24-27-30-33-36-46-58-54-49-52(42-45-56(61)53-43-40-51(39-8-4)41-44-53)50-55(59-47-37-34-31-28-25-22-19-16-13-10-6-2)57(54)60-48-38-35-32-29-26-23-20-17-14-11-7-3/h40-45,49-50H,5-39,46-48H2,1-4H3. The van der Waals surface area contributed by atoms with Gasteiger partial charge in [0.2, 0.25) is 5.75 Å². The Morgan fingerprint density at radius 2 is 0.738 bits per heavy atom. The third-order valence-corrected chi connectivity index (χ3v) is 12.6. The summed E-state index contributed by atoms with van der Waals surface area (Å²) in [6.07, 6.45) is 50.1. The van der Waals surface area contributed by atoms with Crippen molar-refractivity contribution in [1.82, 2.24) is 0 Å². The quantitative estimate of drug-likeness (QED) is 0.0287. The van der Waals surface area contributed by atoms with Crippen LogP contribution < -0.4 is 14.2 Å². The molecule has 0 radical (unpaired) electrons. The molecule has 0 unspecified atom stereocenters. The molecule has 0 saturated heterocycles. The van der Waals surface area contributed by atoms with Crippen LogP contribution in [0.2, 0.25) is 0 Å². The van der Waals surface area contributed by atoms with E-state index in [9.17, 15) is 0 Å². The van der Waals surface area contributed by atoms with Crippen LogP contribution in [0.3, 0.4) is 0 Å². The minimum absolute atomic E-state index is 0.688. The zero-order chi connectivity index (χ0) is 43.7. The van der Waals surface area contributed by atoms with E-state index in [2.05, 4.69) is 76.2 Å². The van der Waals surface area contributed by atoms with Crippen LogP contribution in [0.4, 0.5) is 0 Å². The molecule has 2 aromatic rings. The maximum Gasteiger partial charge on any atom is 0.203 e. The summed E-state index contributed by atoms with van der Waals surface area (Å²) in [7, 11) is 0. The van der Waals surface area contributed by atoms with Gasteiger partial charge in [-0.05, 0) is 60.6 Å². The van der Waals surface area contributed by atoms with E-state index in [4.69, 9.17) is 26.4 Å². The maximum absolute atomic E-state index is 6.65. The fraction of sp³-hybridized carbons (Fsp3) is 0.737. The molecule has 348 valence electrons. The summed E-state index contributed by atoms with van der Waals surface area (Å²) in [6, 6.07) is 13.0. The Kier molecular flexibility index (Phi) is 36.3. The molecule has 0 aliphatic heterocycles. The van der Waals surface area contributed by atoms with E-state index in [1.807, 2.05) is 0 Å². The lowest BCUT2D eigenvalue weighted by Gasteiger charge is -2.18. The van der Waals surface area contributed by atoms with Crippen molar-refractivity contribution in [1.29, 1.82) is 0 Å². The van der Waals surface area contributed by atoms with E-state index in [-0.39, 0.29) is 0 Å². The number of ether oxygens (including phenoxy) is 3. The van der Waals surface area contributed by atoms with Crippen molar-refractivity contribution in [3.8, 4) is 17.2 Å². The molecule has 0 saturated carbocycles. The topological polar surface area (TPSA) is 27.7 Å². The zero-order valence-corrected chi connectivity index (χ0v) is 41.4. The van der Waals surface area contributed by atoms with Crippen molar-refractivity contribution in [3.05, 3.63) is 59.2 Å². The summed E-state index contributed by atoms with van der Waals surface area (Å²) in [5.74, 6) is 2.40. The van der Waals surface area contributed by atoms with Gasteiger partial charge in [0.15, 0.2) is 11.5 Å². The minimum Gasteiger partial charge on any atom is -0.490 e. The second-order valence-corrected chi connectivity index (χ2v) is 18.6. The number of thiocarbonyl (C=S) groups is 1. The first kappa shape index (κ1) is 54.8. The lowest BCUT2D eigenvalue weighted by Crippen LogP contribution is -2.07. The first-order chi connectivity index (χ1) is 30.1. The monoisotopic (exact) mass is 861 g/mol. The molecular formula is C57H96O3S. The van der Waals surface area contributed by atoms with Crippen molar-refractivity contribution in [2.24, 2.45) is 0 Å². The number of allylic oxidation sites excluding steroid dienone is 1. The van der Waals surface area contributed by atoms with Gasteiger partial charge in [0.1, 0.15) is 0 Å². The number of unbranched alkanes of at least 4 members (excludes halogenated alkanes) is 30. The lowest BCUT2D eigenvalue weighted by atomic mass is 10.0. The van der Waals surface area contributed by atoms with Crippen LogP contribution in [-0.2, 0) is 6.42 Å². The van der Waals surface area contributed by atoms with Gasteiger partial charge < -0.3 is 14.2 Å². The minimum atomic E-state index is 0.688. The smallest absolute Gasteiger partial charge is 0.203 e. The predicted molar refractivity (Wildman–Crippen MR) is 273 cm³/mol. The molecule has 3 nitrogen and oxygen atoms in total. The highest BCUT2D eigenvalue weighted by Crippen LogP contribution is 2.40.